The Morgan fingerprint density at radius 1 is 0.721 bits per heavy atom. The lowest BCUT2D eigenvalue weighted by molar-refractivity contribution is -0.138. The molecule has 0 bridgehead atoms. The zero-order valence-electron chi connectivity index (χ0n) is 35.1. The zero-order chi connectivity index (χ0) is 42.0. The minimum Gasteiger partial charge on any atom is -0.453 e. The molecule has 3 N–H and O–H groups in total. The van der Waals surface area contributed by atoms with Gasteiger partial charge in [0.05, 0.1) is 36.8 Å². The average molecular weight is 819 g/mol. The average Bonchev–Trinajstić information content (AvgIpc) is 4.15. The number of likely N-dealkylation sites (tertiary alicyclic amines) is 3. The van der Waals surface area contributed by atoms with E-state index in [1.807, 2.05) is 49.3 Å². The summed E-state index contributed by atoms with van der Waals surface area (Å²) in [4.78, 5) is 62.8. The van der Waals surface area contributed by atoms with E-state index >= 15 is 0 Å². The Hall–Kier alpha value is -6.27. The molecule has 4 aromatic carbocycles. The molecule has 2 aromatic heterocycles. The maximum atomic E-state index is 14.3. The van der Waals surface area contributed by atoms with Crippen molar-refractivity contribution in [2.24, 2.45) is 5.92 Å². The van der Waals surface area contributed by atoms with Crippen molar-refractivity contribution in [1.29, 1.82) is 0 Å². The number of hydrogen-bond acceptors (Lipinski definition) is 7. The van der Waals surface area contributed by atoms with Crippen LogP contribution in [-0.4, -0.2) is 91.9 Å². The Morgan fingerprint density at radius 3 is 2.03 bits per heavy atom. The molecule has 3 amide bonds. The standard InChI is InChI=1S/C49H54N8O4/c1-31(2)43(54-49(60)61-3)47(58)56-25-9-13-41(56)45-50-29-39(52-45)33-17-15-32(16-18-33)35-19-20-37-28-38(22-21-36(37)27-35)40-30-51-46(53-40)42-14-10-26-57(42)48(59)44(55-23-7-8-24-55)34-11-5-4-6-12-34/h4-6,11-12,15-22,27-31,41-44H,7-10,13-14,23-26H2,1-3H3,(H,50,52)(H,51,53)(H,54,60)/t41-,42-,43-,44+/m0/s1. The van der Waals surface area contributed by atoms with Crippen LogP contribution in [0.4, 0.5) is 4.79 Å². The summed E-state index contributed by atoms with van der Waals surface area (Å²) in [6.07, 6.45) is 8.95. The van der Waals surface area contributed by atoms with E-state index in [0.717, 1.165) is 120 Å². The fraction of sp³-hybridized carbons (Fsp3) is 0.367. The number of amides is 3. The predicted octanol–water partition coefficient (Wildman–Crippen LogP) is 8.83. The lowest BCUT2D eigenvalue weighted by Crippen LogP contribution is -2.51. The van der Waals surface area contributed by atoms with Gasteiger partial charge in [-0.2, -0.15) is 0 Å². The number of carbonyl (C=O) groups is 3. The van der Waals surface area contributed by atoms with Crippen LogP contribution < -0.4 is 5.32 Å². The van der Waals surface area contributed by atoms with E-state index in [0.29, 0.717) is 6.54 Å². The van der Waals surface area contributed by atoms with Crippen LogP contribution in [0, 0.1) is 5.92 Å². The number of alkyl carbamates (subject to hydrolysis) is 1. The Labute approximate surface area is 356 Å². The van der Waals surface area contributed by atoms with Crippen molar-refractivity contribution in [3.05, 3.63) is 121 Å². The van der Waals surface area contributed by atoms with Gasteiger partial charge in [0.1, 0.15) is 23.7 Å². The summed E-state index contributed by atoms with van der Waals surface area (Å²) in [5.41, 5.74) is 7.08. The number of nitrogens with one attached hydrogen (secondary N) is 3. The molecule has 4 atom stereocenters. The molecule has 3 aliphatic rings. The summed E-state index contributed by atoms with van der Waals surface area (Å²) in [5, 5.41) is 4.98. The van der Waals surface area contributed by atoms with Crippen molar-refractivity contribution >= 4 is 28.7 Å². The second kappa shape index (κ2) is 17.4. The maximum Gasteiger partial charge on any atom is 0.407 e. The number of ether oxygens (including phenoxy) is 1. The third-order valence-corrected chi connectivity index (χ3v) is 12.8. The first kappa shape index (κ1) is 40.2. The molecule has 314 valence electrons. The van der Waals surface area contributed by atoms with Crippen LogP contribution >= 0.6 is 0 Å². The molecule has 0 aliphatic carbocycles. The number of carbonyl (C=O) groups excluding carboxylic acids is 3. The third kappa shape index (κ3) is 8.16. The van der Waals surface area contributed by atoms with Gasteiger partial charge in [0.25, 0.3) is 0 Å². The van der Waals surface area contributed by atoms with Crippen molar-refractivity contribution in [2.45, 2.75) is 76.5 Å². The number of fused-ring (bicyclic) bond motifs is 1. The van der Waals surface area contributed by atoms with E-state index in [1.165, 1.54) is 7.11 Å². The first-order chi connectivity index (χ1) is 29.7. The van der Waals surface area contributed by atoms with E-state index in [4.69, 9.17) is 14.7 Å². The number of benzene rings is 4. The second-order valence-corrected chi connectivity index (χ2v) is 17.0. The molecule has 0 saturated carbocycles. The molecule has 5 heterocycles. The van der Waals surface area contributed by atoms with E-state index in [9.17, 15) is 14.4 Å². The Morgan fingerprint density at radius 2 is 1.34 bits per heavy atom. The monoisotopic (exact) mass is 818 g/mol. The maximum absolute atomic E-state index is 14.3. The fourth-order valence-corrected chi connectivity index (χ4v) is 9.54. The van der Waals surface area contributed by atoms with Crippen LogP contribution in [0.5, 0.6) is 0 Å². The zero-order valence-corrected chi connectivity index (χ0v) is 35.1. The lowest BCUT2D eigenvalue weighted by Gasteiger charge is -2.33. The van der Waals surface area contributed by atoms with Gasteiger partial charge in [0.2, 0.25) is 11.8 Å². The van der Waals surface area contributed by atoms with E-state index in [-0.39, 0.29) is 35.9 Å². The number of aromatic nitrogens is 4. The molecule has 3 aliphatic heterocycles. The van der Waals surface area contributed by atoms with Crippen LogP contribution in [0.3, 0.4) is 0 Å². The largest absolute Gasteiger partial charge is 0.453 e. The molecule has 12 heteroatoms. The summed E-state index contributed by atoms with van der Waals surface area (Å²) in [5.74, 6) is 1.54. The van der Waals surface area contributed by atoms with Crippen LogP contribution in [0.25, 0.3) is 44.4 Å². The summed E-state index contributed by atoms with van der Waals surface area (Å²) < 4.78 is 4.78. The molecule has 12 nitrogen and oxygen atoms in total. The van der Waals surface area contributed by atoms with Gasteiger partial charge < -0.3 is 29.8 Å². The van der Waals surface area contributed by atoms with Crippen LogP contribution in [0.1, 0.15) is 87.7 Å². The molecule has 3 fully saturated rings. The first-order valence-corrected chi connectivity index (χ1v) is 21.8. The van der Waals surface area contributed by atoms with Gasteiger partial charge in [-0.05, 0) is 103 Å². The Balaban J connectivity index is 0.874. The summed E-state index contributed by atoms with van der Waals surface area (Å²) >= 11 is 0. The highest BCUT2D eigenvalue weighted by Crippen LogP contribution is 2.38. The van der Waals surface area contributed by atoms with Crippen LogP contribution in [0.15, 0.2) is 103 Å². The molecule has 0 radical (unpaired) electrons. The minimum atomic E-state index is -0.678. The smallest absolute Gasteiger partial charge is 0.407 e. The number of nitrogens with zero attached hydrogens (tertiary/aromatic N) is 5. The first-order valence-electron chi connectivity index (χ1n) is 21.8. The van der Waals surface area contributed by atoms with Crippen molar-refractivity contribution in [3.8, 4) is 33.6 Å². The van der Waals surface area contributed by atoms with Crippen molar-refractivity contribution in [3.63, 3.8) is 0 Å². The lowest BCUT2D eigenvalue weighted by atomic mass is 9.98. The van der Waals surface area contributed by atoms with Crippen LogP contribution in [-0.2, 0) is 14.3 Å². The number of hydrogen-bond donors (Lipinski definition) is 3. The van der Waals surface area contributed by atoms with E-state index in [2.05, 4.69) is 97.9 Å². The SMILES string of the molecule is COC(=O)N[C@H](C(=O)N1CCC[C@H]1c1ncc(-c2ccc(-c3ccc4cc(-c5c[nH]c([C@@H]6CCCN6C(=O)[C@@H](c6ccccc6)N6CCCC6)n5)ccc4c3)cc2)[nH]1)C(C)C. The highest BCUT2D eigenvalue weighted by molar-refractivity contribution is 5.91. The summed E-state index contributed by atoms with van der Waals surface area (Å²) in [7, 11) is 1.30. The Bertz CT molecular complexity index is 2510. The van der Waals surface area contributed by atoms with Gasteiger partial charge in [-0.1, -0.05) is 92.7 Å². The molecule has 0 spiro atoms. The minimum absolute atomic E-state index is 0.0750. The highest BCUT2D eigenvalue weighted by atomic mass is 16.5. The topological polar surface area (TPSA) is 140 Å². The molecular weight excluding hydrogens is 765 g/mol. The summed E-state index contributed by atoms with van der Waals surface area (Å²) in [6, 6.07) is 30.5. The predicted molar refractivity (Wildman–Crippen MR) is 236 cm³/mol. The van der Waals surface area contributed by atoms with Gasteiger partial charge in [0.15, 0.2) is 0 Å². The quantitative estimate of drug-likeness (QED) is 0.119. The van der Waals surface area contributed by atoms with Gasteiger partial charge in [-0.15, -0.1) is 0 Å². The fourth-order valence-electron chi connectivity index (χ4n) is 9.54. The normalized spacial score (nSPS) is 19.1. The van der Waals surface area contributed by atoms with Crippen molar-refractivity contribution in [2.75, 3.05) is 33.3 Å². The van der Waals surface area contributed by atoms with Crippen LogP contribution in [0.2, 0.25) is 0 Å². The second-order valence-electron chi connectivity index (χ2n) is 17.0. The molecule has 6 aromatic rings. The van der Waals surface area contributed by atoms with E-state index < -0.39 is 12.1 Å². The molecule has 9 rings (SSSR count). The molecular formula is C49H54N8O4. The molecule has 61 heavy (non-hydrogen) atoms. The highest BCUT2D eigenvalue weighted by Gasteiger charge is 2.40. The number of imidazole rings is 2. The van der Waals surface area contributed by atoms with Gasteiger partial charge in [-0.25, -0.2) is 14.8 Å². The third-order valence-electron chi connectivity index (χ3n) is 12.8. The molecule has 3 saturated heterocycles. The Kier molecular flexibility index (Phi) is 11.4. The van der Waals surface area contributed by atoms with Crippen molar-refractivity contribution in [1.82, 2.24) is 40.0 Å². The van der Waals surface area contributed by atoms with E-state index in [1.54, 1.807) is 0 Å². The van der Waals surface area contributed by atoms with Gasteiger partial charge in [-0.3, -0.25) is 14.5 Å². The number of H-pyrrole nitrogens is 2. The number of methoxy groups -OCH3 is 1. The number of aromatic amines is 2. The number of rotatable bonds is 11. The van der Waals surface area contributed by atoms with Gasteiger partial charge >= 0.3 is 6.09 Å². The van der Waals surface area contributed by atoms with Crippen molar-refractivity contribution < 1.29 is 19.1 Å². The summed E-state index contributed by atoms with van der Waals surface area (Å²) in [6.45, 7) is 7.07. The molecule has 0 unspecified atom stereocenters. The van der Waals surface area contributed by atoms with Gasteiger partial charge in [0, 0.05) is 24.8 Å².